The number of halogens is 1. The smallest absolute Gasteiger partial charge is 0.270 e. The molecule has 1 aliphatic heterocycles. The summed E-state index contributed by atoms with van der Waals surface area (Å²) in [5.41, 5.74) is 0.0519. The van der Waals surface area contributed by atoms with Gasteiger partial charge < -0.3 is 5.32 Å². The number of sulfonamides is 1. The van der Waals surface area contributed by atoms with Gasteiger partial charge >= 0.3 is 0 Å². The van der Waals surface area contributed by atoms with Gasteiger partial charge in [-0.3, -0.25) is 19.8 Å². The van der Waals surface area contributed by atoms with Crippen LogP contribution in [0.5, 0.6) is 0 Å². The zero-order valence-corrected chi connectivity index (χ0v) is 17.0. The van der Waals surface area contributed by atoms with Crippen LogP contribution < -0.4 is 5.32 Å². The molecule has 1 N–H and O–H groups in total. The van der Waals surface area contributed by atoms with E-state index in [1.807, 2.05) is 4.90 Å². The molecule has 0 radical (unpaired) electrons. The Hall–Kier alpha value is -2.89. The summed E-state index contributed by atoms with van der Waals surface area (Å²) in [5.74, 6) is -0.781. The van der Waals surface area contributed by atoms with Gasteiger partial charge in [0.25, 0.3) is 5.69 Å². The van der Waals surface area contributed by atoms with Crippen LogP contribution in [-0.2, 0) is 14.8 Å². The van der Waals surface area contributed by atoms with Crippen LogP contribution in [0.2, 0.25) is 0 Å². The zero-order valence-electron chi connectivity index (χ0n) is 16.2. The summed E-state index contributed by atoms with van der Waals surface area (Å²) in [6, 6.07) is 9.95. The predicted molar refractivity (Wildman–Crippen MR) is 108 cm³/mol. The maximum Gasteiger partial charge on any atom is 0.270 e. The van der Waals surface area contributed by atoms with Crippen molar-refractivity contribution in [1.82, 2.24) is 9.21 Å². The minimum Gasteiger partial charge on any atom is -0.325 e. The predicted octanol–water partition coefficient (Wildman–Crippen LogP) is 2.07. The first-order valence-electron chi connectivity index (χ1n) is 9.23. The molecule has 0 bridgehead atoms. The van der Waals surface area contributed by atoms with Crippen molar-refractivity contribution in [3.63, 3.8) is 0 Å². The number of nitrogens with zero attached hydrogens (tertiary/aromatic N) is 3. The molecule has 30 heavy (non-hydrogen) atoms. The van der Waals surface area contributed by atoms with Gasteiger partial charge in [0.05, 0.1) is 15.9 Å². The second-order valence-corrected chi connectivity index (χ2v) is 8.81. The van der Waals surface area contributed by atoms with Crippen LogP contribution in [0.4, 0.5) is 15.8 Å². The number of non-ortho nitro benzene ring substituents is 1. The van der Waals surface area contributed by atoms with Gasteiger partial charge in [-0.2, -0.15) is 4.31 Å². The third-order valence-corrected chi connectivity index (χ3v) is 6.85. The van der Waals surface area contributed by atoms with Crippen molar-refractivity contribution in [2.75, 3.05) is 31.5 Å². The normalized spacial score (nSPS) is 16.7. The topological polar surface area (TPSA) is 113 Å². The molecule has 1 fully saturated rings. The molecule has 2 aromatic rings. The number of piperazine rings is 1. The van der Waals surface area contributed by atoms with Gasteiger partial charge in [-0.05, 0) is 31.2 Å². The minimum atomic E-state index is -3.88. The average Bonchev–Trinajstić information content (AvgIpc) is 2.73. The lowest BCUT2D eigenvalue weighted by Gasteiger charge is -2.36. The van der Waals surface area contributed by atoms with Crippen molar-refractivity contribution in [3.05, 3.63) is 64.5 Å². The monoisotopic (exact) mass is 436 g/mol. The first kappa shape index (κ1) is 21.8. The van der Waals surface area contributed by atoms with E-state index in [-0.39, 0.29) is 29.6 Å². The number of carbonyl (C=O) groups is 1. The molecule has 0 saturated carbocycles. The number of hydrogen-bond donors (Lipinski definition) is 1. The van der Waals surface area contributed by atoms with E-state index >= 15 is 0 Å². The van der Waals surface area contributed by atoms with Gasteiger partial charge in [0.15, 0.2) is 0 Å². The molecule has 11 heteroatoms. The Balaban J connectivity index is 1.63. The van der Waals surface area contributed by atoms with Crippen LogP contribution >= 0.6 is 0 Å². The first-order valence-corrected chi connectivity index (χ1v) is 10.7. The van der Waals surface area contributed by atoms with E-state index in [4.69, 9.17) is 0 Å². The third kappa shape index (κ3) is 4.81. The number of carbonyl (C=O) groups excluding carboxylic acids is 1. The number of benzene rings is 2. The average molecular weight is 436 g/mol. The Morgan fingerprint density at radius 3 is 2.43 bits per heavy atom. The van der Waals surface area contributed by atoms with Crippen molar-refractivity contribution in [1.29, 1.82) is 0 Å². The van der Waals surface area contributed by atoms with E-state index in [0.717, 1.165) is 6.07 Å². The standard InChI is InChI=1S/C19H21FN4O5S/c1-14(19(25)21-16-5-2-4-15(20)12-16)22-8-10-23(11-9-22)30(28,29)18-7-3-6-17(13-18)24(26)27/h2-7,12-14H,8-11H2,1H3,(H,21,25). The number of amides is 1. The van der Waals surface area contributed by atoms with Crippen molar-refractivity contribution in [2.24, 2.45) is 0 Å². The summed E-state index contributed by atoms with van der Waals surface area (Å²) in [6.07, 6.45) is 0. The summed E-state index contributed by atoms with van der Waals surface area (Å²) >= 11 is 0. The Labute approximate surface area is 173 Å². The molecule has 1 heterocycles. The highest BCUT2D eigenvalue weighted by molar-refractivity contribution is 7.89. The fourth-order valence-electron chi connectivity index (χ4n) is 3.22. The summed E-state index contributed by atoms with van der Waals surface area (Å²) in [5, 5.41) is 13.6. The van der Waals surface area contributed by atoms with Crippen LogP contribution in [0, 0.1) is 15.9 Å². The Morgan fingerprint density at radius 1 is 1.13 bits per heavy atom. The summed E-state index contributed by atoms with van der Waals surface area (Å²) < 4.78 is 40.2. The summed E-state index contributed by atoms with van der Waals surface area (Å²) in [4.78, 5) is 24.4. The molecule has 0 spiro atoms. The van der Waals surface area contributed by atoms with Crippen molar-refractivity contribution >= 4 is 27.3 Å². The maximum absolute atomic E-state index is 13.3. The van der Waals surface area contributed by atoms with E-state index < -0.39 is 26.8 Å². The van der Waals surface area contributed by atoms with Gasteiger partial charge in [-0.1, -0.05) is 12.1 Å². The molecule has 0 aliphatic carbocycles. The van der Waals surface area contributed by atoms with E-state index in [2.05, 4.69) is 5.32 Å². The molecule has 3 rings (SSSR count). The maximum atomic E-state index is 13.3. The fraction of sp³-hybridized carbons (Fsp3) is 0.316. The zero-order chi connectivity index (χ0) is 21.9. The first-order chi connectivity index (χ1) is 14.2. The quantitative estimate of drug-likeness (QED) is 0.548. The minimum absolute atomic E-state index is 0.137. The molecule has 1 saturated heterocycles. The van der Waals surface area contributed by atoms with Gasteiger partial charge in [0, 0.05) is 44.0 Å². The molecule has 160 valence electrons. The number of nitro groups is 1. The number of nitro benzene ring substituents is 1. The van der Waals surface area contributed by atoms with E-state index in [0.29, 0.717) is 18.8 Å². The molecule has 1 aliphatic rings. The van der Waals surface area contributed by atoms with Crippen LogP contribution in [-0.4, -0.2) is 60.7 Å². The molecule has 1 atom stereocenters. The van der Waals surface area contributed by atoms with Gasteiger partial charge in [-0.25, -0.2) is 12.8 Å². The van der Waals surface area contributed by atoms with Gasteiger partial charge in [0.2, 0.25) is 15.9 Å². The van der Waals surface area contributed by atoms with E-state index in [1.165, 1.54) is 40.7 Å². The van der Waals surface area contributed by atoms with Crippen LogP contribution in [0.3, 0.4) is 0 Å². The lowest BCUT2D eigenvalue weighted by atomic mass is 10.2. The van der Waals surface area contributed by atoms with Gasteiger partial charge in [0.1, 0.15) is 5.82 Å². The Kier molecular flexibility index (Phi) is 6.44. The molecule has 1 unspecified atom stereocenters. The second-order valence-electron chi connectivity index (χ2n) is 6.87. The lowest BCUT2D eigenvalue weighted by molar-refractivity contribution is -0.385. The molecular formula is C19H21FN4O5S. The molecular weight excluding hydrogens is 415 g/mol. The SMILES string of the molecule is CC(C(=O)Nc1cccc(F)c1)N1CCN(S(=O)(=O)c2cccc([N+](=O)[O-])c2)CC1. The Bertz CT molecular complexity index is 1050. The highest BCUT2D eigenvalue weighted by Gasteiger charge is 2.32. The second kappa shape index (κ2) is 8.86. The summed E-state index contributed by atoms with van der Waals surface area (Å²) in [7, 11) is -3.88. The molecule has 9 nitrogen and oxygen atoms in total. The molecule has 2 aromatic carbocycles. The number of nitrogens with one attached hydrogen (secondary N) is 1. The van der Waals surface area contributed by atoms with Crippen molar-refractivity contribution in [2.45, 2.75) is 17.9 Å². The number of anilines is 1. The van der Waals surface area contributed by atoms with E-state index in [9.17, 15) is 27.7 Å². The highest BCUT2D eigenvalue weighted by Crippen LogP contribution is 2.22. The molecule has 1 amide bonds. The number of rotatable bonds is 6. The number of hydrogen-bond acceptors (Lipinski definition) is 6. The third-order valence-electron chi connectivity index (χ3n) is 4.96. The Morgan fingerprint density at radius 2 is 1.80 bits per heavy atom. The fourth-order valence-corrected chi connectivity index (χ4v) is 4.68. The van der Waals surface area contributed by atoms with E-state index in [1.54, 1.807) is 13.0 Å². The van der Waals surface area contributed by atoms with Gasteiger partial charge in [-0.15, -0.1) is 0 Å². The van der Waals surface area contributed by atoms with Crippen LogP contribution in [0.1, 0.15) is 6.92 Å². The van der Waals surface area contributed by atoms with Crippen LogP contribution in [0.25, 0.3) is 0 Å². The summed E-state index contributed by atoms with van der Waals surface area (Å²) in [6.45, 7) is 2.60. The van der Waals surface area contributed by atoms with Crippen molar-refractivity contribution in [3.8, 4) is 0 Å². The largest absolute Gasteiger partial charge is 0.325 e. The lowest BCUT2D eigenvalue weighted by Crippen LogP contribution is -2.53. The van der Waals surface area contributed by atoms with Crippen LogP contribution in [0.15, 0.2) is 53.4 Å². The van der Waals surface area contributed by atoms with Crippen molar-refractivity contribution < 1.29 is 22.5 Å². The highest BCUT2D eigenvalue weighted by atomic mass is 32.2. The molecule has 0 aromatic heterocycles.